The Kier molecular flexibility index (Phi) is 3.84. The van der Waals surface area contributed by atoms with Gasteiger partial charge in [0.15, 0.2) is 0 Å². The first kappa shape index (κ1) is 13.6. The largest absolute Gasteiger partial charge is 0.462 e. The molecule has 1 unspecified atom stereocenters. The van der Waals surface area contributed by atoms with E-state index in [0.29, 0.717) is 11.8 Å². The number of carbonyl (C=O) groups is 1. The number of fused-ring (bicyclic) bond motifs is 1. The normalized spacial score (nSPS) is 36.8. The number of hydrogen-bond donors (Lipinski definition) is 0. The second-order valence-electron chi connectivity index (χ2n) is 6.27. The van der Waals surface area contributed by atoms with Crippen LogP contribution in [0.1, 0.15) is 59.8 Å². The molecule has 0 saturated heterocycles. The highest BCUT2D eigenvalue weighted by Crippen LogP contribution is 2.55. The van der Waals surface area contributed by atoms with Crippen molar-refractivity contribution in [3.8, 4) is 0 Å². The fourth-order valence-corrected chi connectivity index (χ4v) is 4.06. The monoisotopic (exact) mass is 250 g/mol. The van der Waals surface area contributed by atoms with Gasteiger partial charge in [0.25, 0.3) is 0 Å². The van der Waals surface area contributed by atoms with Crippen LogP contribution in [0, 0.1) is 17.3 Å². The summed E-state index contributed by atoms with van der Waals surface area (Å²) in [7, 11) is 0. The van der Waals surface area contributed by atoms with E-state index < -0.39 is 0 Å². The number of carbonyl (C=O) groups excluding carboxylic acids is 1. The van der Waals surface area contributed by atoms with Gasteiger partial charge in [-0.15, -0.1) is 0 Å². The minimum Gasteiger partial charge on any atom is -0.462 e. The van der Waals surface area contributed by atoms with Gasteiger partial charge >= 0.3 is 5.97 Å². The zero-order valence-corrected chi connectivity index (χ0v) is 12.2. The molecule has 0 aromatic heterocycles. The molecule has 4 atom stereocenters. The van der Waals surface area contributed by atoms with Gasteiger partial charge in [-0.1, -0.05) is 32.4 Å². The van der Waals surface area contributed by atoms with Crippen LogP contribution in [0.25, 0.3) is 0 Å². The van der Waals surface area contributed by atoms with Crippen molar-refractivity contribution in [2.75, 3.05) is 0 Å². The van der Waals surface area contributed by atoms with Gasteiger partial charge < -0.3 is 4.74 Å². The van der Waals surface area contributed by atoms with E-state index >= 15 is 0 Å². The highest BCUT2D eigenvalue weighted by atomic mass is 16.5. The predicted molar refractivity (Wildman–Crippen MR) is 73.2 cm³/mol. The lowest BCUT2D eigenvalue weighted by Crippen LogP contribution is -2.41. The lowest BCUT2D eigenvalue weighted by molar-refractivity contribution is -0.153. The number of hydrogen-bond acceptors (Lipinski definition) is 2. The third-order valence-corrected chi connectivity index (χ3v) is 5.16. The third-order valence-electron chi connectivity index (χ3n) is 5.16. The van der Waals surface area contributed by atoms with Gasteiger partial charge in [-0.2, -0.15) is 0 Å². The van der Waals surface area contributed by atoms with E-state index in [1.54, 1.807) is 5.57 Å². The molecule has 1 saturated carbocycles. The molecule has 1 fully saturated rings. The Bertz CT molecular complexity index is 358. The van der Waals surface area contributed by atoms with E-state index in [1.807, 2.05) is 0 Å². The summed E-state index contributed by atoms with van der Waals surface area (Å²) in [5.74, 6) is 1.05. The zero-order chi connectivity index (χ0) is 13.3. The molecule has 18 heavy (non-hydrogen) atoms. The molecular weight excluding hydrogens is 224 g/mol. The van der Waals surface area contributed by atoms with Crippen molar-refractivity contribution in [1.29, 1.82) is 0 Å². The fraction of sp³-hybridized carbons (Fsp3) is 0.812. The van der Waals surface area contributed by atoms with Crippen LogP contribution in [0.2, 0.25) is 0 Å². The predicted octanol–water partition coefficient (Wildman–Crippen LogP) is 4.10. The summed E-state index contributed by atoms with van der Waals surface area (Å²) in [6.45, 7) is 8.51. The van der Waals surface area contributed by atoms with Gasteiger partial charge in [0.1, 0.15) is 6.10 Å². The molecule has 0 N–H and O–H groups in total. The Labute approximate surface area is 111 Å². The van der Waals surface area contributed by atoms with E-state index in [1.165, 1.54) is 26.2 Å². The first-order valence-corrected chi connectivity index (χ1v) is 7.36. The Morgan fingerprint density at radius 3 is 2.94 bits per heavy atom. The first-order chi connectivity index (χ1) is 8.49. The molecule has 0 aliphatic heterocycles. The smallest absolute Gasteiger partial charge is 0.302 e. The molecular formula is C16H26O2. The van der Waals surface area contributed by atoms with Gasteiger partial charge in [-0.05, 0) is 43.4 Å². The first-order valence-electron chi connectivity index (χ1n) is 7.36. The molecule has 0 amide bonds. The summed E-state index contributed by atoms with van der Waals surface area (Å²) in [5.41, 5.74) is 1.89. The van der Waals surface area contributed by atoms with Crippen molar-refractivity contribution in [1.82, 2.24) is 0 Å². The van der Waals surface area contributed by atoms with Crippen LogP contribution in [0.3, 0.4) is 0 Å². The average molecular weight is 250 g/mol. The maximum Gasteiger partial charge on any atom is 0.302 e. The van der Waals surface area contributed by atoms with E-state index in [2.05, 4.69) is 26.8 Å². The molecule has 2 aliphatic rings. The Hall–Kier alpha value is -0.790. The molecule has 0 bridgehead atoms. The number of allylic oxidation sites excluding steroid dienone is 2. The quantitative estimate of drug-likeness (QED) is 0.557. The molecule has 0 aromatic rings. The number of esters is 1. The molecule has 2 nitrogen and oxygen atoms in total. The zero-order valence-electron chi connectivity index (χ0n) is 12.2. The average Bonchev–Trinajstić information content (AvgIpc) is 2.66. The molecule has 102 valence electrons. The van der Waals surface area contributed by atoms with E-state index in [0.717, 1.165) is 12.8 Å². The van der Waals surface area contributed by atoms with Gasteiger partial charge in [0.05, 0.1) is 0 Å². The highest BCUT2D eigenvalue weighted by Gasteiger charge is 2.49. The lowest BCUT2D eigenvalue weighted by Gasteiger charge is -2.44. The summed E-state index contributed by atoms with van der Waals surface area (Å²) in [6, 6.07) is 0. The summed E-state index contributed by atoms with van der Waals surface area (Å²) in [5, 5.41) is 0. The summed E-state index contributed by atoms with van der Waals surface area (Å²) < 4.78 is 5.56. The van der Waals surface area contributed by atoms with Gasteiger partial charge in [-0.25, -0.2) is 0 Å². The minimum atomic E-state index is -0.124. The maximum absolute atomic E-state index is 11.2. The van der Waals surface area contributed by atoms with Crippen LogP contribution in [0.4, 0.5) is 0 Å². The van der Waals surface area contributed by atoms with Crippen LogP contribution in [-0.4, -0.2) is 12.1 Å². The van der Waals surface area contributed by atoms with Crippen LogP contribution in [-0.2, 0) is 9.53 Å². The van der Waals surface area contributed by atoms with Crippen LogP contribution >= 0.6 is 0 Å². The molecule has 2 rings (SSSR count). The lowest BCUT2D eigenvalue weighted by atomic mass is 9.63. The summed E-state index contributed by atoms with van der Waals surface area (Å²) in [6.07, 6.45) is 8.34. The molecule has 2 heteroatoms. The van der Waals surface area contributed by atoms with Gasteiger partial charge in [0, 0.05) is 12.8 Å². The van der Waals surface area contributed by atoms with Crippen molar-refractivity contribution in [2.45, 2.75) is 65.9 Å². The molecule has 0 radical (unpaired) electrons. The molecule has 2 aliphatic carbocycles. The van der Waals surface area contributed by atoms with Crippen LogP contribution in [0.5, 0.6) is 0 Å². The Morgan fingerprint density at radius 1 is 1.61 bits per heavy atom. The van der Waals surface area contributed by atoms with Crippen molar-refractivity contribution in [3.05, 3.63) is 11.6 Å². The van der Waals surface area contributed by atoms with Gasteiger partial charge in [-0.3, -0.25) is 4.79 Å². The second-order valence-corrected chi connectivity index (χ2v) is 6.27. The molecule has 0 heterocycles. The second kappa shape index (κ2) is 5.07. The van der Waals surface area contributed by atoms with Crippen molar-refractivity contribution >= 4 is 5.97 Å². The molecule has 0 aromatic carbocycles. The van der Waals surface area contributed by atoms with Crippen molar-refractivity contribution in [3.63, 3.8) is 0 Å². The highest BCUT2D eigenvalue weighted by molar-refractivity contribution is 5.66. The van der Waals surface area contributed by atoms with Crippen LogP contribution < -0.4 is 0 Å². The van der Waals surface area contributed by atoms with Crippen molar-refractivity contribution in [2.24, 2.45) is 17.3 Å². The summed E-state index contributed by atoms with van der Waals surface area (Å²) >= 11 is 0. The standard InChI is InChI=1S/C16H26O2/c1-5-11(2)13-8-9-14-15(18-12(3)17)7-6-10-16(13,14)4/h8,11,14-15H,5-7,9-10H2,1-4H3/t11-,14?,15-,16+/m0/s1. The number of ether oxygens (including phenoxy) is 1. The van der Waals surface area contributed by atoms with E-state index in [-0.39, 0.29) is 17.5 Å². The molecule has 0 spiro atoms. The van der Waals surface area contributed by atoms with E-state index in [4.69, 9.17) is 4.74 Å². The maximum atomic E-state index is 11.2. The van der Waals surface area contributed by atoms with Crippen molar-refractivity contribution < 1.29 is 9.53 Å². The Morgan fingerprint density at radius 2 is 2.33 bits per heavy atom. The van der Waals surface area contributed by atoms with Crippen LogP contribution in [0.15, 0.2) is 11.6 Å². The van der Waals surface area contributed by atoms with E-state index in [9.17, 15) is 4.79 Å². The minimum absolute atomic E-state index is 0.124. The fourth-order valence-electron chi connectivity index (χ4n) is 4.06. The topological polar surface area (TPSA) is 26.3 Å². The SMILES string of the molecule is CC[C@H](C)C1=CCC2[C@@H](OC(C)=O)CCC[C@]12C. The third kappa shape index (κ3) is 2.22. The Balaban J connectivity index is 2.18. The number of rotatable bonds is 3. The summed E-state index contributed by atoms with van der Waals surface area (Å²) in [4.78, 5) is 11.2. The van der Waals surface area contributed by atoms with Gasteiger partial charge in [0.2, 0.25) is 0 Å².